The molecule has 2 aromatic carbocycles. The lowest BCUT2D eigenvalue weighted by Gasteiger charge is -2.18. The van der Waals surface area contributed by atoms with Crippen molar-refractivity contribution in [2.24, 2.45) is 10.7 Å². The molecule has 0 spiro atoms. The lowest BCUT2D eigenvalue weighted by Crippen LogP contribution is -2.27. The van der Waals surface area contributed by atoms with Crippen LogP contribution in [-0.2, 0) is 22.0 Å². The summed E-state index contributed by atoms with van der Waals surface area (Å²) in [5.74, 6) is -0.186. The molecule has 0 aliphatic heterocycles. The molecule has 9 heteroatoms. The van der Waals surface area contributed by atoms with Crippen LogP contribution in [0.25, 0.3) is 10.9 Å². The van der Waals surface area contributed by atoms with Crippen molar-refractivity contribution in [2.75, 3.05) is 0 Å². The molecule has 202 valence electrons. The number of allylic oxidation sites excluding steroid dienone is 1. The summed E-state index contributed by atoms with van der Waals surface area (Å²) >= 11 is 0. The van der Waals surface area contributed by atoms with Crippen LogP contribution in [0.3, 0.4) is 0 Å². The Labute approximate surface area is 225 Å². The number of aromatic nitrogens is 1. The smallest absolute Gasteiger partial charge is 0.228 e. The predicted molar refractivity (Wildman–Crippen MR) is 151 cm³/mol. The third-order valence-electron chi connectivity index (χ3n) is 5.49. The van der Waals surface area contributed by atoms with Gasteiger partial charge >= 0.3 is 0 Å². The van der Waals surface area contributed by atoms with Crippen LogP contribution in [0.4, 0.5) is 4.39 Å². The average Bonchev–Trinajstić information content (AvgIpc) is 2.84. The van der Waals surface area contributed by atoms with Gasteiger partial charge < -0.3 is 15.8 Å². The molecule has 3 N–H and O–H groups in total. The Bertz CT molecular complexity index is 1440. The summed E-state index contributed by atoms with van der Waals surface area (Å²) in [6, 6.07) is 10.2. The molecule has 1 aromatic heterocycles. The number of benzene rings is 2. The molecular formula is C29H35FN4O3S. The van der Waals surface area contributed by atoms with E-state index >= 15 is 4.39 Å². The molecule has 1 unspecified atom stereocenters. The van der Waals surface area contributed by atoms with Gasteiger partial charge in [-0.15, -0.1) is 0 Å². The first-order chi connectivity index (χ1) is 17.7. The molecule has 3 aromatic rings. The zero-order chi connectivity index (χ0) is 28.3. The fraction of sp³-hybridized carbons (Fsp3) is 0.345. The van der Waals surface area contributed by atoms with Gasteiger partial charge in [-0.05, 0) is 84.4 Å². The van der Waals surface area contributed by atoms with Crippen LogP contribution in [-0.4, -0.2) is 31.6 Å². The van der Waals surface area contributed by atoms with Gasteiger partial charge in [0.05, 0.1) is 34.0 Å². The van der Waals surface area contributed by atoms with Crippen LogP contribution in [0, 0.1) is 12.7 Å². The zero-order valence-electron chi connectivity index (χ0n) is 22.9. The average molecular weight is 539 g/mol. The summed E-state index contributed by atoms with van der Waals surface area (Å²) in [6.45, 7) is 13.1. The van der Waals surface area contributed by atoms with Crippen molar-refractivity contribution >= 4 is 33.8 Å². The molecule has 0 radical (unpaired) electrons. The van der Waals surface area contributed by atoms with E-state index in [0.717, 1.165) is 0 Å². The summed E-state index contributed by atoms with van der Waals surface area (Å²) in [4.78, 5) is 21.9. The van der Waals surface area contributed by atoms with Crippen molar-refractivity contribution in [3.05, 3.63) is 71.4 Å². The third kappa shape index (κ3) is 7.25. The van der Waals surface area contributed by atoms with Crippen LogP contribution in [0.5, 0.6) is 11.5 Å². The van der Waals surface area contributed by atoms with Crippen LogP contribution in [0.2, 0.25) is 0 Å². The molecule has 3 rings (SSSR count). The Morgan fingerprint density at radius 2 is 1.84 bits per heavy atom. The number of pyridine rings is 1. The van der Waals surface area contributed by atoms with E-state index in [1.807, 2.05) is 41.5 Å². The molecule has 0 bridgehead atoms. The number of carbonyl (C=O) groups is 1. The second-order valence-electron chi connectivity index (χ2n) is 10.9. The van der Waals surface area contributed by atoms with Gasteiger partial charge in [0.25, 0.3) is 0 Å². The van der Waals surface area contributed by atoms with E-state index in [-0.39, 0.29) is 23.1 Å². The molecule has 0 saturated heterocycles. The number of hydrogen-bond donors (Lipinski definition) is 2. The van der Waals surface area contributed by atoms with E-state index < -0.39 is 27.3 Å². The van der Waals surface area contributed by atoms with E-state index in [9.17, 15) is 9.00 Å². The second kappa shape index (κ2) is 11.4. The fourth-order valence-corrected chi connectivity index (χ4v) is 4.63. The van der Waals surface area contributed by atoms with E-state index in [2.05, 4.69) is 15.3 Å². The van der Waals surface area contributed by atoms with Gasteiger partial charge in [0.2, 0.25) is 5.91 Å². The minimum absolute atomic E-state index is 0.187. The number of hydrogen-bond acceptors (Lipinski definition) is 6. The summed E-state index contributed by atoms with van der Waals surface area (Å²) < 4.78 is 33.9. The van der Waals surface area contributed by atoms with E-state index in [0.29, 0.717) is 33.0 Å². The SMILES string of the molecule is Cc1c(Oc2ccnc3ccc(S(=O)C(C)(C)C)cc23)ccc(CC(=O)N/C(C=NC(C)(C)C)=C/N)c1F. The minimum Gasteiger partial charge on any atom is -0.456 e. The number of nitrogens with two attached hydrogens (primary N) is 1. The zero-order valence-corrected chi connectivity index (χ0v) is 23.7. The van der Waals surface area contributed by atoms with Crippen molar-refractivity contribution in [1.82, 2.24) is 10.3 Å². The number of rotatable bonds is 7. The maximum absolute atomic E-state index is 15.3. The highest BCUT2D eigenvalue weighted by Gasteiger charge is 2.22. The summed E-state index contributed by atoms with van der Waals surface area (Å²) in [5, 5.41) is 3.32. The van der Waals surface area contributed by atoms with Gasteiger partial charge in [0, 0.05) is 39.2 Å². The van der Waals surface area contributed by atoms with Crippen molar-refractivity contribution < 1.29 is 18.1 Å². The number of aliphatic imine (C=N–C) groups is 1. The van der Waals surface area contributed by atoms with Crippen LogP contribution < -0.4 is 15.8 Å². The lowest BCUT2D eigenvalue weighted by atomic mass is 10.1. The summed E-state index contributed by atoms with van der Waals surface area (Å²) in [7, 11) is -1.24. The molecule has 0 aliphatic rings. The summed E-state index contributed by atoms with van der Waals surface area (Å²) in [5.41, 5.74) is 6.75. The Morgan fingerprint density at radius 3 is 2.47 bits per heavy atom. The van der Waals surface area contributed by atoms with Crippen molar-refractivity contribution in [2.45, 2.75) is 70.1 Å². The predicted octanol–water partition coefficient (Wildman–Crippen LogP) is 5.71. The molecule has 0 fully saturated rings. The van der Waals surface area contributed by atoms with Crippen molar-refractivity contribution in [3.63, 3.8) is 0 Å². The minimum atomic E-state index is -1.24. The first kappa shape index (κ1) is 29.0. The lowest BCUT2D eigenvalue weighted by molar-refractivity contribution is -0.119. The van der Waals surface area contributed by atoms with Gasteiger partial charge in [-0.3, -0.25) is 19.0 Å². The monoisotopic (exact) mass is 538 g/mol. The fourth-order valence-electron chi connectivity index (χ4n) is 3.51. The van der Waals surface area contributed by atoms with E-state index in [1.165, 1.54) is 18.5 Å². The number of amides is 1. The van der Waals surface area contributed by atoms with Crippen LogP contribution in [0.1, 0.15) is 52.7 Å². The largest absolute Gasteiger partial charge is 0.456 e. The first-order valence-electron chi connectivity index (χ1n) is 12.2. The highest BCUT2D eigenvalue weighted by Crippen LogP contribution is 2.34. The summed E-state index contributed by atoms with van der Waals surface area (Å²) in [6.07, 6.45) is 4.15. The first-order valence-corrected chi connectivity index (χ1v) is 13.4. The standard InChI is InChI=1S/C29H35FN4O3S/c1-18-24(11-8-19(27(18)30)14-26(35)34-20(16-31)17-33-28(2,3)4)37-25-12-13-32-23-10-9-21(15-22(23)25)38(36)29(5,6)7/h8-13,15-17H,14,31H2,1-7H3,(H,34,35)/b20-16+,33-17?. The van der Waals surface area contributed by atoms with E-state index in [4.69, 9.17) is 10.5 Å². The molecule has 0 saturated carbocycles. The Morgan fingerprint density at radius 1 is 1.13 bits per heavy atom. The van der Waals surface area contributed by atoms with Crippen molar-refractivity contribution in [1.29, 1.82) is 0 Å². The molecular weight excluding hydrogens is 503 g/mol. The molecule has 1 amide bonds. The maximum atomic E-state index is 15.3. The van der Waals surface area contributed by atoms with Crippen molar-refractivity contribution in [3.8, 4) is 11.5 Å². The second-order valence-corrected chi connectivity index (χ2v) is 13.1. The van der Waals surface area contributed by atoms with Gasteiger partial charge in [0.1, 0.15) is 17.3 Å². The quantitative estimate of drug-likeness (QED) is 0.375. The Kier molecular flexibility index (Phi) is 8.72. The molecule has 7 nitrogen and oxygen atoms in total. The number of halogens is 1. The van der Waals surface area contributed by atoms with Gasteiger partial charge in [-0.25, -0.2) is 4.39 Å². The number of nitrogens with one attached hydrogen (secondary N) is 1. The number of ether oxygens (including phenoxy) is 1. The normalized spacial score (nSPS) is 13.6. The number of fused-ring (bicyclic) bond motifs is 1. The number of nitrogens with zero attached hydrogens (tertiary/aromatic N) is 2. The van der Waals surface area contributed by atoms with E-state index in [1.54, 1.807) is 43.5 Å². The van der Waals surface area contributed by atoms with Crippen LogP contribution >= 0.6 is 0 Å². The maximum Gasteiger partial charge on any atom is 0.228 e. The Balaban J connectivity index is 1.84. The van der Waals surface area contributed by atoms with Crippen LogP contribution in [0.15, 0.2) is 64.4 Å². The number of carbonyl (C=O) groups excluding carboxylic acids is 1. The highest BCUT2D eigenvalue weighted by molar-refractivity contribution is 7.86. The van der Waals surface area contributed by atoms with Gasteiger partial charge in [-0.1, -0.05) is 6.07 Å². The third-order valence-corrected chi connectivity index (χ3v) is 7.28. The highest BCUT2D eigenvalue weighted by atomic mass is 32.2. The van der Waals surface area contributed by atoms with Gasteiger partial charge in [0.15, 0.2) is 0 Å². The molecule has 1 heterocycles. The Hall–Kier alpha value is -3.59. The van der Waals surface area contributed by atoms with Gasteiger partial charge in [-0.2, -0.15) is 0 Å². The molecule has 0 aliphatic carbocycles. The molecule has 38 heavy (non-hydrogen) atoms. The topological polar surface area (TPSA) is 107 Å². The molecule has 1 atom stereocenters.